The third kappa shape index (κ3) is 2.95. The molecule has 1 aliphatic heterocycles. The van der Waals surface area contributed by atoms with Gasteiger partial charge in [-0.2, -0.15) is 4.31 Å². The van der Waals surface area contributed by atoms with Crippen molar-refractivity contribution in [3.8, 4) is 11.1 Å². The first-order valence-electron chi connectivity index (χ1n) is 8.31. The molecule has 1 aromatic carbocycles. The van der Waals surface area contributed by atoms with Crippen molar-refractivity contribution in [1.82, 2.24) is 19.6 Å². The Morgan fingerprint density at radius 3 is 2.64 bits per heavy atom. The largest absolute Gasteiger partial charge is 0.361 e. The molecular formula is C18H20N4O2S. The first kappa shape index (κ1) is 16.3. The zero-order chi connectivity index (χ0) is 17.4. The van der Waals surface area contributed by atoms with Crippen molar-refractivity contribution >= 4 is 20.9 Å². The molecule has 0 saturated carbocycles. The molecule has 0 spiro atoms. The second-order valence-corrected chi connectivity index (χ2v) is 8.18. The Labute approximate surface area is 146 Å². The molecule has 1 saturated heterocycles. The molecule has 0 radical (unpaired) electrons. The molecule has 0 amide bonds. The number of aromatic nitrogens is 2. The van der Waals surface area contributed by atoms with Gasteiger partial charge in [0, 0.05) is 60.6 Å². The molecule has 2 aromatic heterocycles. The molecule has 0 bridgehead atoms. The summed E-state index contributed by atoms with van der Waals surface area (Å²) >= 11 is 0. The minimum absolute atomic E-state index is 0.106. The fraction of sp³-hybridized carbons (Fsp3) is 0.278. The number of rotatable bonds is 3. The summed E-state index contributed by atoms with van der Waals surface area (Å²) in [6.07, 6.45) is 3.58. The number of benzene rings is 1. The third-order valence-corrected chi connectivity index (χ3v) is 6.38. The van der Waals surface area contributed by atoms with Gasteiger partial charge in [0.1, 0.15) is 0 Å². The van der Waals surface area contributed by atoms with Crippen LogP contribution in [0.25, 0.3) is 22.0 Å². The molecule has 0 unspecified atom stereocenters. The summed E-state index contributed by atoms with van der Waals surface area (Å²) in [6.45, 7) is 4.36. The number of pyridine rings is 1. The van der Waals surface area contributed by atoms with E-state index in [2.05, 4.69) is 34.3 Å². The van der Waals surface area contributed by atoms with Crippen molar-refractivity contribution in [3.63, 3.8) is 0 Å². The highest BCUT2D eigenvalue weighted by atomic mass is 32.2. The number of piperazine rings is 1. The third-order valence-electron chi connectivity index (χ3n) is 4.56. The van der Waals surface area contributed by atoms with E-state index >= 15 is 0 Å². The van der Waals surface area contributed by atoms with Gasteiger partial charge in [0.2, 0.25) is 0 Å². The standard InChI is InChI=1S/C18H20N4O2S/c1-13-2-4-17-15(10-13)16(12-20-17)14-3-5-18(21-11-14)25(23,24)22-8-6-19-7-9-22/h2-5,10-12,19-20H,6-9H2,1H3. The lowest BCUT2D eigenvalue weighted by atomic mass is 10.1. The monoisotopic (exact) mass is 356 g/mol. The second-order valence-electron chi connectivity index (χ2n) is 6.29. The summed E-state index contributed by atoms with van der Waals surface area (Å²) in [6, 6.07) is 9.65. The van der Waals surface area contributed by atoms with E-state index in [-0.39, 0.29) is 5.03 Å². The Morgan fingerprint density at radius 1 is 1.12 bits per heavy atom. The van der Waals surface area contributed by atoms with Crippen molar-refractivity contribution in [2.45, 2.75) is 11.9 Å². The fourth-order valence-electron chi connectivity index (χ4n) is 3.18. The molecule has 3 heterocycles. The average Bonchev–Trinajstić information content (AvgIpc) is 3.05. The molecule has 3 aromatic rings. The van der Waals surface area contributed by atoms with Gasteiger partial charge < -0.3 is 10.3 Å². The van der Waals surface area contributed by atoms with Crippen LogP contribution in [0.15, 0.2) is 47.8 Å². The topological polar surface area (TPSA) is 78.1 Å². The number of sulfonamides is 1. The number of aryl methyl sites for hydroxylation is 1. The Morgan fingerprint density at radius 2 is 1.92 bits per heavy atom. The first-order valence-corrected chi connectivity index (χ1v) is 9.75. The molecule has 2 N–H and O–H groups in total. The molecule has 1 aliphatic rings. The van der Waals surface area contributed by atoms with Crippen LogP contribution in [0.2, 0.25) is 0 Å². The minimum Gasteiger partial charge on any atom is -0.361 e. The Kier molecular flexibility index (Phi) is 4.07. The average molecular weight is 356 g/mol. The highest BCUT2D eigenvalue weighted by molar-refractivity contribution is 7.89. The van der Waals surface area contributed by atoms with E-state index in [4.69, 9.17) is 0 Å². The zero-order valence-electron chi connectivity index (χ0n) is 14.0. The number of hydrogen-bond donors (Lipinski definition) is 2. The van der Waals surface area contributed by atoms with E-state index in [9.17, 15) is 8.42 Å². The first-order chi connectivity index (χ1) is 12.1. The van der Waals surface area contributed by atoms with Gasteiger partial charge in [0.25, 0.3) is 10.0 Å². The van der Waals surface area contributed by atoms with Crippen molar-refractivity contribution in [2.75, 3.05) is 26.2 Å². The lowest BCUT2D eigenvalue weighted by Crippen LogP contribution is -2.46. The van der Waals surface area contributed by atoms with Gasteiger partial charge in [-0.3, -0.25) is 0 Å². The molecule has 130 valence electrons. The predicted molar refractivity (Wildman–Crippen MR) is 97.9 cm³/mol. The van der Waals surface area contributed by atoms with Crippen LogP contribution in [0.5, 0.6) is 0 Å². The van der Waals surface area contributed by atoms with Crippen LogP contribution >= 0.6 is 0 Å². The van der Waals surface area contributed by atoms with E-state index in [0.29, 0.717) is 26.2 Å². The number of hydrogen-bond acceptors (Lipinski definition) is 4. The summed E-state index contributed by atoms with van der Waals surface area (Å²) in [5, 5.41) is 4.37. The lowest BCUT2D eigenvalue weighted by Gasteiger charge is -2.26. The maximum Gasteiger partial charge on any atom is 0.260 e. The van der Waals surface area contributed by atoms with Gasteiger partial charge in [-0.05, 0) is 31.2 Å². The van der Waals surface area contributed by atoms with Crippen LogP contribution in [0.4, 0.5) is 0 Å². The van der Waals surface area contributed by atoms with Crippen LogP contribution in [-0.4, -0.2) is 48.9 Å². The fourth-order valence-corrected chi connectivity index (χ4v) is 4.54. The van der Waals surface area contributed by atoms with Crippen LogP contribution < -0.4 is 5.32 Å². The van der Waals surface area contributed by atoms with E-state index in [1.165, 1.54) is 9.87 Å². The van der Waals surface area contributed by atoms with Gasteiger partial charge >= 0.3 is 0 Å². The highest BCUT2D eigenvalue weighted by Gasteiger charge is 2.26. The van der Waals surface area contributed by atoms with Gasteiger partial charge in [0.05, 0.1) is 0 Å². The SMILES string of the molecule is Cc1ccc2[nH]cc(-c3ccc(S(=O)(=O)N4CCNCC4)nc3)c2c1. The molecule has 7 heteroatoms. The lowest BCUT2D eigenvalue weighted by molar-refractivity contribution is 0.359. The second kappa shape index (κ2) is 6.25. The zero-order valence-corrected chi connectivity index (χ0v) is 14.8. The van der Waals surface area contributed by atoms with E-state index in [0.717, 1.165) is 22.0 Å². The number of H-pyrrole nitrogens is 1. The number of nitrogens with one attached hydrogen (secondary N) is 2. The van der Waals surface area contributed by atoms with Crippen LogP contribution in [0.1, 0.15) is 5.56 Å². The number of nitrogens with zero attached hydrogens (tertiary/aromatic N) is 2. The van der Waals surface area contributed by atoms with Crippen molar-refractivity contribution in [1.29, 1.82) is 0 Å². The van der Waals surface area contributed by atoms with E-state index in [1.807, 2.05) is 18.3 Å². The van der Waals surface area contributed by atoms with Gasteiger partial charge in [-0.25, -0.2) is 13.4 Å². The quantitative estimate of drug-likeness (QED) is 0.754. The molecule has 6 nitrogen and oxygen atoms in total. The van der Waals surface area contributed by atoms with Gasteiger partial charge in [-0.1, -0.05) is 11.6 Å². The summed E-state index contributed by atoms with van der Waals surface area (Å²) < 4.78 is 26.8. The van der Waals surface area contributed by atoms with E-state index < -0.39 is 10.0 Å². The van der Waals surface area contributed by atoms with Crippen LogP contribution in [0, 0.1) is 6.92 Å². The van der Waals surface area contributed by atoms with Crippen molar-refractivity contribution in [3.05, 3.63) is 48.3 Å². The molecule has 0 aliphatic carbocycles. The van der Waals surface area contributed by atoms with Crippen LogP contribution in [0.3, 0.4) is 0 Å². The normalized spacial score (nSPS) is 16.4. The minimum atomic E-state index is -3.52. The molecule has 0 atom stereocenters. The van der Waals surface area contributed by atoms with E-state index in [1.54, 1.807) is 12.3 Å². The molecule has 4 rings (SSSR count). The number of aromatic amines is 1. The summed E-state index contributed by atoms with van der Waals surface area (Å²) in [4.78, 5) is 7.50. The Bertz CT molecular complexity index is 1000. The maximum atomic E-state index is 12.7. The molecule has 1 fully saturated rings. The summed E-state index contributed by atoms with van der Waals surface area (Å²) in [5.41, 5.74) is 4.16. The van der Waals surface area contributed by atoms with Crippen LogP contribution in [-0.2, 0) is 10.0 Å². The highest BCUT2D eigenvalue weighted by Crippen LogP contribution is 2.29. The predicted octanol–water partition coefficient (Wildman–Crippen LogP) is 2.13. The van der Waals surface area contributed by atoms with Gasteiger partial charge in [-0.15, -0.1) is 0 Å². The molecular weight excluding hydrogens is 336 g/mol. The molecule has 25 heavy (non-hydrogen) atoms. The van der Waals surface area contributed by atoms with Crippen molar-refractivity contribution in [2.24, 2.45) is 0 Å². The summed E-state index contributed by atoms with van der Waals surface area (Å²) in [7, 11) is -3.52. The maximum absolute atomic E-state index is 12.7. The smallest absolute Gasteiger partial charge is 0.260 e. The van der Waals surface area contributed by atoms with Gasteiger partial charge in [0.15, 0.2) is 5.03 Å². The summed E-state index contributed by atoms with van der Waals surface area (Å²) in [5.74, 6) is 0. The number of fused-ring (bicyclic) bond motifs is 1. The van der Waals surface area contributed by atoms with Crippen molar-refractivity contribution < 1.29 is 8.42 Å². The Hall–Kier alpha value is -2.22. The Balaban J connectivity index is 1.68.